The lowest BCUT2D eigenvalue weighted by Gasteiger charge is -2.29. The number of rotatable bonds is 10. The fourth-order valence-electron chi connectivity index (χ4n) is 7.58. The van der Waals surface area contributed by atoms with Gasteiger partial charge in [0, 0.05) is 45.0 Å². The van der Waals surface area contributed by atoms with E-state index < -0.39 is 0 Å². The van der Waals surface area contributed by atoms with E-state index in [2.05, 4.69) is 107 Å². The quantitative estimate of drug-likeness (QED) is 0.131. The molecule has 4 heteroatoms. The zero-order valence-electron chi connectivity index (χ0n) is 31.7. The van der Waals surface area contributed by atoms with Crippen LogP contribution in [-0.4, -0.2) is 11.6 Å². The first kappa shape index (κ1) is 35.9. The lowest BCUT2D eigenvalue weighted by molar-refractivity contribution is 0.0979. The van der Waals surface area contributed by atoms with Crippen LogP contribution < -0.4 is 9.80 Å². The first-order valence-electron chi connectivity index (χ1n) is 19.3. The van der Waals surface area contributed by atoms with Crippen molar-refractivity contribution >= 4 is 70.0 Å². The Morgan fingerprint density at radius 3 is 1.03 bits per heavy atom. The molecule has 0 unspecified atom stereocenters. The van der Waals surface area contributed by atoms with Crippen LogP contribution in [0.2, 0.25) is 0 Å². The molecule has 276 valence electrons. The predicted molar refractivity (Wildman–Crippen MR) is 240 cm³/mol. The second-order valence-electron chi connectivity index (χ2n) is 14.1. The van der Waals surface area contributed by atoms with E-state index in [1.54, 1.807) is 12.1 Å². The van der Waals surface area contributed by atoms with Gasteiger partial charge < -0.3 is 9.80 Å². The molecule has 0 heterocycles. The highest BCUT2D eigenvalue weighted by atomic mass is 16.1. The third kappa shape index (κ3) is 7.18. The van der Waals surface area contributed by atoms with Crippen molar-refractivity contribution in [3.05, 3.63) is 251 Å². The van der Waals surface area contributed by atoms with Gasteiger partial charge in [0.25, 0.3) is 0 Å². The number of benzene rings is 8. The van der Waals surface area contributed by atoms with Crippen LogP contribution in [0.5, 0.6) is 0 Å². The summed E-state index contributed by atoms with van der Waals surface area (Å²) < 4.78 is 0. The van der Waals surface area contributed by atoms with Crippen molar-refractivity contribution in [2.24, 2.45) is 0 Å². The van der Waals surface area contributed by atoms with Gasteiger partial charge in [-0.15, -0.1) is 0 Å². The smallest absolute Gasteiger partial charge is 0.194 e. The second kappa shape index (κ2) is 16.1. The van der Waals surface area contributed by atoms with Gasteiger partial charge in [0.15, 0.2) is 11.6 Å². The summed E-state index contributed by atoms with van der Waals surface area (Å²) in [6.07, 6.45) is 8.42. The largest absolute Gasteiger partial charge is 0.310 e. The molecule has 0 spiro atoms. The van der Waals surface area contributed by atoms with E-state index in [-0.39, 0.29) is 11.6 Å². The van der Waals surface area contributed by atoms with Crippen molar-refractivity contribution < 1.29 is 9.59 Å². The molecule has 4 nitrogen and oxygen atoms in total. The molecule has 9 rings (SSSR count). The molecule has 0 fully saturated rings. The minimum absolute atomic E-state index is 0.180. The highest BCUT2D eigenvalue weighted by Crippen LogP contribution is 2.42. The van der Waals surface area contributed by atoms with Gasteiger partial charge in [-0.3, -0.25) is 9.59 Å². The average Bonchev–Trinajstić information content (AvgIpc) is 3.29. The zero-order valence-corrected chi connectivity index (χ0v) is 31.7. The molecule has 0 amide bonds. The predicted octanol–water partition coefficient (Wildman–Crippen LogP) is 13.7. The number of nitrogens with zero attached hydrogens (tertiary/aromatic N) is 2. The average molecular weight is 747 g/mol. The Morgan fingerprint density at radius 2 is 0.638 bits per heavy atom. The molecule has 0 radical (unpaired) electrons. The van der Waals surface area contributed by atoms with Crippen LogP contribution in [0.25, 0.3) is 24.3 Å². The number of carbonyl (C=O) groups excluding carboxylic acids is 2. The monoisotopic (exact) mass is 746 g/mol. The third-order valence-corrected chi connectivity index (χ3v) is 10.4. The Hall–Kier alpha value is -7.82. The molecule has 8 aromatic rings. The lowest BCUT2D eigenvalue weighted by atomic mass is 9.83. The van der Waals surface area contributed by atoms with Gasteiger partial charge in [0.2, 0.25) is 0 Å². The molecular weight excluding hydrogens is 709 g/mol. The van der Waals surface area contributed by atoms with E-state index in [9.17, 15) is 9.59 Å². The minimum Gasteiger partial charge on any atom is -0.310 e. The standard InChI is InChI=1S/C54H38N2O2/c57-53-48-36-34-46(56(44-25-11-4-12-26-44)52-28-16-14-22-42(52)32-30-40-19-7-2-8-20-40)38-50(48)54(58)47-35-33-45(37-49(47)53)55(43-23-9-3-10-24-43)51-27-15-13-21-41(51)31-29-39-17-5-1-6-18-39/h1-38H. The molecule has 0 bridgehead atoms. The highest BCUT2D eigenvalue weighted by molar-refractivity contribution is 6.29. The number of hydrogen-bond donors (Lipinski definition) is 0. The molecule has 0 saturated carbocycles. The number of carbonyl (C=O) groups is 2. The summed E-state index contributed by atoms with van der Waals surface area (Å²) in [4.78, 5) is 33.3. The lowest BCUT2D eigenvalue weighted by Crippen LogP contribution is -2.23. The Morgan fingerprint density at radius 1 is 0.293 bits per heavy atom. The topological polar surface area (TPSA) is 40.6 Å². The van der Waals surface area contributed by atoms with Crippen molar-refractivity contribution in [3.63, 3.8) is 0 Å². The van der Waals surface area contributed by atoms with Crippen LogP contribution in [-0.2, 0) is 0 Å². The summed E-state index contributed by atoms with van der Waals surface area (Å²) >= 11 is 0. The van der Waals surface area contributed by atoms with Crippen molar-refractivity contribution in [1.82, 2.24) is 0 Å². The Labute approximate surface area is 338 Å². The molecule has 1 aliphatic carbocycles. The van der Waals surface area contributed by atoms with E-state index in [1.807, 2.05) is 121 Å². The van der Waals surface area contributed by atoms with Crippen molar-refractivity contribution in [2.75, 3.05) is 9.80 Å². The molecule has 0 saturated heterocycles. The van der Waals surface area contributed by atoms with Crippen LogP contribution in [0.1, 0.15) is 54.1 Å². The van der Waals surface area contributed by atoms with Gasteiger partial charge in [0.05, 0.1) is 11.4 Å². The number of hydrogen-bond acceptors (Lipinski definition) is 4. The fourth-order valence-corrected chi connectivity index (χ4v) is 7.58. The maximum Gasteiger partial charge on any atom is 0.194 e. The van der Waals surface area contributed by atoms with E-state index in [0.29, 0.717) is 22.3 Å². The van der Waals surface area contributed by atoms with Gasteiger partial charge >= 0.3 is 0 Å². The molecule has 0 atom stereocenters. The third-order valence-electron chi connectivity index (χ3n) is 10.4. The summed E-state index contributed by atoms with van der Waals surface area (Å²) in [7, 11) is 0. The van der Waals surface area contributed by atoms with Crippen LogP contribution in [0.3, 0.4) is 0 Å². The maximum atomic E-state index is 14.5. The second-order valence-corrected chi connectivity index (χ2v) is 14.1. The fraction of sp³-hybridized carbons (Fsp3) is 0. The van der Waals surface area contributed by atoms with E-state index >= 15 is 0 Å². The number of ketones is 2. The molecular formula is C54H38N2O2. The van der Waals surface area contributed by atoms with Crippen molar-refractivity contribution in [1.29, 1.82) is 0 Å². The van der Waals surface area contributed by atoms with Gasteiger partial charge in [-0.25, -0.2) is 0 Å². The number of para-hydroxylation sites is 4. The van der Waals surface area contributed by atoms with Gasteiger partial charge in [0.1, 0.15) is 0 Å². The molecule has 58 heavy (non-hydrogen) atoms. The molecule has 8 aromatic carbocycles. The van der Waals surface area contributed by atoms with Crippen molar-refractivity contribution in [3.8, 4) is 0 Å². The Balaban J connectivity index is 1.11. The maximum absolute atomic E-state index is 14.5. The summed E-state index contributed by atoms with van der Waals surface area (Å²) in [5, 5.41) is 0. The van der Waals surface area contributed by atoms with Gasteiger partial charge in [-0.1, -0.05) is 158 Å². The normalized spacial score (nSPS) is 12.1. The summed E-state index contributed by atoms with van der Waals surface area (Å²) in [5.74, 6) is -0.360. The van der Waals surface area contributed by atoms with Crippen LogP contribution in [0.15, 0.2) is 206 Å². The van der Waals surface area contributed by atoms with Crippen LogP contribution in [0, 0.1) is 0 Å². The molecule has 0 N–H and O–H groups in total. The zero-order chi connectivity index (χ0) is 39.3. The van der Waals surface area contributed by atoms with Crippen LogP contribution in [0.4, 0.5) is 34.1 Å². The molecule has 1 aliphatic rings. The van der Waals surface area contributed by atoms with E-state index in [1.165, 1.54) is 0 Å². The summed E-state index contributed by atoms with van der Waals surface area (Å²) in [6.45, 7) is 0. The number of fused-ring (bicyclic) bond motifs is 2. The van der Waals surface area contributed by atoms with Gasteiger partial charge in [-0.05, 0) is 95.1 Å². The first-order valence-corrected chi connectivity index (χ1v) is 19.3. The Bertz CT molecular complexity index is 2620. The highest BCUT2D eigenvalue weighted by Gasteiger charge is 2.32. The summed E-state index contributed by atoms with van der Waals surface area (Å²) in [5.41, 5.74) is 11.1. The SMILES string of the molecule is O=C1c2ccc(N(c3ccccc3)c3ccccc3C=Cc3ccccc3)cc2C(=O)c2ccc(N(c3ccccc3)c3ccccc3C=Cc3ccccc3)cc21. The molecule has 0 aromatic heterocycles. The number of anilines is 6. The van der Waals surface area contributed by atoms with E-state index in [0.717, 1.165) is 56.4 Å². The summed E-state index contributed by atoms with van der Waals surface area (Å²) in [6, 6.07) is 68.2. The first-order chi connectivity index (χ1) is 28.6. The van der Waals surface area contributed by atoms with Crippen molar-refractivity contribution in [2.45, 2.75) is 0 Å². The van der Waals surface area contributed by atoms with E-state index in [4.69, 9.17) is 0 Å². The van der Waals surface area contributed by atoms with Gasteiger partial charge in [-0.2, -0.15) is 0 Å². The minimum atomic E-state index is -0.180. The van der Waals surface area contributed by atoms with Crippen LogP contribution >= 0.6 is 0 Å². The Kier molecular flexibility index (Phi) is 9.96. The molecule has 0 aliphatic heterocycles.